The molecule has 2 aromatic rings. The molecule has 1 aromatic carbocycles. The van der Waals surface area contributed by atoms with Gasteiger partial charge in [-0.1, -0.05) is 38.1 Å². The quantitative estimate of drug-likeness (QED) is 0.425. The fourth-order valence-electron chi connectivity index (χ4n) is 4.53. The maximum absolute atomic E-state index is 13.9. The number of aliphatic hydroxyl groups excluding tert-OH is 1. The molecule has 12 heteroatoms. The third kappa shape index (κ3) is 7.04. The Balaban J connectivity index is 1.92. The van der Waals surface area contributed by atoms with Gasteiger partial charge in [0.2, 0.25) is 17.7 Å². The van der Waals surface area contributed by atoms with Crippen molar-refractivity contribution in [3.05, 3.63) is 53.2 Å². The summed E-state index contributed by atoms with van der Waals surface area (Å²) in [4.78, 5) is 44.7. The number of amides is 3. The second-order valence-corrected chi connectivity index (χ2v) is 11.0. The molecule has 0 saturated carbocycles. The lowest BCUT2D eigenvalue weighted by Gasteiger charge is -2.50. The highest BCUT2D eigenvalue weighted by atomic mass is 19.3. The lowest BCUT2D eigenvalue weighted by Crippen LogP contribution is -2.69. The van der Waals surface area contributed by atoms with E-state index < -0.39 is 54.1 Å². The molecule has 3 amide bonds. The fraction of sp³-hybridized carbons (Fsp3) is 0.500. The van der Waals surface area contributed by atoms with Crippen molar-refractivity contribution in [2.24, 2.45) is 0 Å². The third-order valence-electron chi connectivity index (χ3n) is 6.39. The predicted octanol–water partition coefficient (Wildman–Crippen LogP) is 3.72. The maximum Gasteiger partial charge on any atom is 0.408 e. The molecule has 1 fully saturated rings. The SMILES string of the molecule is Cc1ccc(NC(=O)C2(c3ccccc3C(C)C)CN(C(=O)[C@H](CO)NC(=O)OC(C)(C)C)C2)c(OC(F)F)n1. The maximum atomic E-state index is 13.9. The Labute approximate surface area is 232 Å². The van der Waals surface area contributed by atoms with E-state index in [1.165, 1.54) is 11.0 Å². The average Bonchev–Trinajstić information content (AvgIpc) is 2.82. The minimum Gasteiger partial charge on any atom is -0.444 e. The number of alkyl carbamates (subject to hydrolysis) is 1. The molecule has 1 aliphatic rings. The number of anilines is 1. The van der Waals surface area contributed by atoms with E-state index in [2.05, 4.69) is 20.4 Å². The molecule has 218 valence electrons. The summed E-state index contributed by atoms with van der Waals surface area (Å²) in [6, 6.07) is 8.99. The predicted molar refractivity (Wildman–Crippen MR) is 143 cm³/mol. The van der Waals surface area contributed by atoms with E-state index in [1.54, 1.807) is 45.9 Å². The Morgan fingerprint density at radius 2 is 1.77 bits per heavy atom. The molecular weight excluding hydrogens is 526 g/mol. The van der Waals surface area contributed by atoms with E-state index in [0.29, 0.717) is 11.3 Å². The Morgan fingerprint density at radius 3 is 2.35 bits per heavy atom. The number of halogens is 2. The summed E-state index contributed by atoms with van der Waals surface area (Å²) in [6.07, 6.45) is -0.868. The number of alkyl halides is 2. The number of likely N-dealkylation sites (tertiary alicyclic amines) is 1. The van der Waals surface area contributed by atoms with Gasteiger partial charge in [0.25, 0.3) is 0 Å². The van der Waals surface area contributed by atoms with Crippen molar-refractivity contribution < 1.29 is 37.7 Å². The summed E-state index contributed by atoms with van der Waals surface area (Å²) in [5, 5.41) is 14.9. The van der Waals surface area contributed by atoms with Crippen molar-refractivity contribution in [2.75, 3.05) is 25.0 Å². The van der Waals surface area contributed by atoms with Crippen molar-refractivity contribution in [1.82, 2.24) is 15.2 Å². The summed E-state index contributed by atoms with van der Waals surface area (Å²) in [6.45, 7) is 6.53. The van der Waals surface area contributed by atoms with Gasteiger partial charge >= 0.3 is 12.7 Å². The van der Waals surface area contributed by atoms with Crippen LogP contribution in [0, 0.1) is 6.92 Å². The lowest BCUT2D eigenvalue weighted by atomic mass is 9.69. The largest absolute Gasteiger partial charge is 0.444 e. The second-order valence-electron chi connectivity index (χ2n) is 11.0. The van der Waals surface area contributed by atoms with Crippen LogP contribution in [0.5, 0.6) is 5.88 Å². The molecule has 0 bridgehead atoms. The number of hydrogen-bond acceptors (Lipinski definition) is 7. The van der Waals surface area contributed by atoms with Crippen LogP contribution in [-0.4, -0.2) is 70.8 Å². The molecule has 40 heavy (non-hydrogen) atoms. The minimum absolute atomic E-state index is 0.0309. The molecule has 0 unspecified atom stereocenters. The molecule has 0 spiro atoms. The van der Waals surface area contributed by atoms with Gasteiger partial charge in [0.15, 0.2) is 0 Å². The molecule has 1 saturated heterocycles. The molecule has 0 aliphatic carbocycles. The van der Waals surface area contributed by atoms with Gasteiger partial charge in [-0.25, -0.2) is 9.78 Å². The first-order chi connectivity index (χ1) is 18.7. The first-order valence-electron chi connectivity index (χ1n) is 12.9. The molecule has 3 rings (SSSR count). The topological polar surface area (TPSA) is 130 Å². The highest BCUT2D eigenvalue weighted by molar-refractivity contribution is 6.03. The normalized spacial score (nSPS) is 15.3. The summed E-state index contributed by atoms with van der Waals surface area (Å²) >= 11 is 0. The van der Waals surface area contributed by atoms with Gasteiger partial charge in [-0.15, -0.1) is 0 Å². The van der Waals surface area contributed by atoms with E-state index in [0.717, 1.165) is 5.56 Å². The Hall–Kier alpha value is -3.80. The van der Waals surface area contributed by atoms with Crippen molar-refractivity contribution in [3.8, 4) is 5.88 Å². The number of aryl methyl sites for hydroxylation is 1. The van der Waals surface area contributed by atoms with E-state index in [1.807, 2.05) is 26.0 Å². The molecule has 1 aromatic heterocycles. The van der Waals surface area contributed by atoms with Gasteiger partial charge < -0.3 is 30.1 Å². The van der Waals surface area contributed by atoms with Crippen LogP contribution in [0.3, 0.4) is 0 Å². The Kier molecular flexibility index (Phi) is 9.34. The Bertz CT molecular complexity index is 1240. The lowest BCUT2D eigenvalue weighted by molar-refractivity contribution is -0.146. The van der Waals surface area contributed by atoms with Crippen LogP contribution in [0.15, 0.2) is 36.4 Å². The number of ether oxygens (including phenoxy) is 2. The summed E-state index contributed by atoms with van der Waals surface area (Å²) in [5.74, 6) is -1.54. The van der Waals surface area contributed by atoms with E-state index in [-0.39, 0.29) is 24.7 Å². The number of carbonyl (C=O) groups is 3. The number of rotatable bonds is 9. The molecule has 1 atom stereocenters. The first kappa shape index (κ1) is 30.7. The Morgan fingerprint density at radius 1 is 1.12 bits per heavy atom. The number of nitrogens with zero attached hydrogens (tertiary/aromatic N) is 2. The number of carbonyl (C=O) groups excluding carboxylic acids is 3. The van der Waals surface area contributed by atoms with Crippen LogP contribution in [0.2, 0.25) is 0 Å². The van der Waals surface area contributed by atoms with Crippen LogP contribution in [0.1, 0.15) is 57.4 Å². The van der Waals surface area contributed by atoms with Crippen LogP contribution >= 0.6 is 0 Å². The van der Waals surface area contributed by atoms with Crippen molar-refractivity contribution >= 4 is 23.6 Å². The zero-order valence-electron chi connectivity index (χ0n) is 23.5. The molecule has 0 radical (unpaired) electrons. The molecule has 1 aliphatic heterocycles. The van der Waals surface area contributed by atoms with Crippen LogP contribution in [0.4, 0.5) is 19.3 Å². The first-order valence-corrected chi connectivity index (χ1v) is 12.9. The molecular formula is C28H36F2N4O6. The van der Waals surface area contributed by atoms with Crippen LogP contribution in [0.25, 0.3) is 0 Å². The standard InChI is InChI=1S/C28H36F2N4O6/c1-16(2)18-9-7-8-10-19(18)28(24(37)32-20-12-11-17(3)31-22(20)39-25(29)30)14-34(15-28)23(36)21(13-35)33-26(38)40-27(4,5)6/h7-12,16,21,25,35H,13-15H2,1-6H3,(H,32,37)(H,33,38)/t21-/m0/s1. The highest BCUT2D eigenvalue weighted by Gasteiger charge is 2.54. The van der Waals surface area contributed by atoms with Gasteiger partial charge in [0.1, 0.15) is 22.7 Å². The summed E-state index contributed by atoms with van der Waals surface area (Å²) in [5.41, 5.74) is -0.140. The molecule has 2 heterocycles. The molecule has 3 N–H and O–H groups in total. The van der Waals surface area contributed by atoms with Crippen molar-refractivity contribution in [3.63, 3.8) is 0 Å². The third-order valence-corrected chi connectivity index (χ3v) is 6.39. The van der Waals surface area contributed by atoms with Crippen LogP contribution in [-0.2, 0) is 19.7 Å². The number of hydrogen-bond donors (Lipinski definition) is 3. The molecule has 10 nitrogen and oxygen atoms in total. The van der Waals surface area contributed by atoms with Gasteiger partial charge in [0, 0.05) is 18.8 Å². The van der Waals surface area contributed by atoms with E-state index >= 15 is 0 Å². The van der Waals surface area contributed by atoms with Gasteiger partial charge in [0.05, 0.1) is 6.61 Å². The van der Waals surface area contributed by atoms with Gasteiger partial charge in [-0.3, -0.25) is 9.59 Å². The highest BCUT2D eigenvalue weighted by Crippen LogP contribution is 2.41. The fourth-order valence-corrected chi connectivity index (χ4v) is 4.53. The van der Waals surface area contributed by atoms with Crippen molar-refractivity contribution in [2.45, 2.75) is 71.1 Å². The number of benzene rings is 1. The second kappa shape index (κ2) is 12.2. The van der Waals surface area contributed by atoms with Gasteiger partial charge in [-0.2, -0.15) is 8.78 Å². The number of pyridine rings is 1. The number of aliphatic hydroxyl groups is 1. The number of nitrogens with one attached hydrogen (secondary N) is 2. The van der Waals surface area contributed by atoms with Crippen molar-refractivity contribution in [1.29, 1.82) is 0 Å². The van der Waals surface area contributed by atoms with E-state index in [9.17, 15) is 28.3 Å². The van der Waals surface area contributed by atoms with Crippen LogP contribution < -0.4 is 15.4 Å². The smallest absolute Gasteiger partial charge is 0.408 e. The number of aromatic nitrogens is 1. The zero-order valence-corrected chi connectivity index (χ0v) is 23.5. The summed E-state index contributed by atoms with van der Waals surface area (Å²) < 4.78 is 35.8. The zero-order chi connectivity index (χ0) is 29.8. The van der Waals surface area contributed by atoms with E-state index in [4.69, 9.17) is 4.74 Å². The monoisotopic (exact) mass is 562 g/mol. The average molecular weight is 563 g/mol. The summed E-state index contributed by atoms with van der Waals surface area (Å²) in [7, 11) is 0. The van der Waals surface area contributed by atoms with Gasteiger partial charge in [-0.05, 0) is 56.9 Å². The minimum atomic E-state index is -3.15.